The number of nitrogens with one attached hydrogen (secondary N) is 1. The van der Waals surface area contributed by atoms with Gasteiger partial charge in [0.25, 0.3) is 0 Å². The average molecular weight is 401 g/mol. The summed E-state index contributed by atoms with van der Waals surface area (Å²) < 4.78 is 15.9. The van der Waals surface area contributed by atoms with Gasteiger partial charge in [-0.05, 0) is 52.3 Å². The lowest BCUT2D eigenvalue weighted by Crippen LogP contribution is -2.66. The van der Waals surface area contributed by atoms with E-state index in [4.69, 9.17) is 14.2 Å². The predicted molar refractivity (Wildman–Crippen MR) is 107 cm³/mol. The van der Waals surface area contributed by atoms with Crippen LogP contribution in [-0.4, -0.2) is 43.6 Å². The number of anilines is 1. The number of esters is 2. The largest absolute Gasteiger partial charge is 0.497 e. The number of benzene rings is 1. The number of methoxy groups -OCH3 is 1. The van der Waals surface area contributed by atoms with Gasteiger partial charge in [-0.2, -0.15) is 0 Å². The van der Waals surface area contributed by atoms with Gasteiger partial charge in [0.15, 0.2) is 11.2 Å². The third kappa shape index (κ3) is 2.91. The van der Waals surface area contributed by atoms with Crippen LogP contribution in [0.5, 0.6) is 5.75 Å². The molecule has 2 aliphatic rings. The first kappa shape index (κ1) is 20.9. The fourth-order valence-corrected chi connectivity index (χ4v) is 4.37. The number of hydrogen-bond donors (Lipinski definition) is 1. The average Bonchev–Trinajstić information content (AvgIpc) is 2.97. The lowest BCUT2D eigenvalue weighted by Gasteiger charge is -2.47. The highest BCUT2D eigenvalue weighted by atomic mass is 16.6. The molecular weight excluding hydrogens is 374 g/mol. The van der Waals surface area contributed by atoms with E-state index in [2.05, 4.69) is 5.32 Å². The SMILES string of the molecule is CCOC(=O)C1(C(=O)OCC)CC(C)=C(C)CC12Nc1ccc(OC)cc1C2=O. The Bertz CT molecular complexity index is 885. The highest BCUT2D eigenvalue weighted by molar-refractivity contribution is 6.21. The van der Waals surface area contributed by atoms with Crippen LogP contribution in [0.1, 0.15) is 50.9 Å². The number of fused-ring (bicyclic) bond motifs is 1. The zero-order valence-corrected chi connectivity index (χ0v) is 17.5. The van der Waals surface area contributed by atoms with Gasteiger partial charge in [0.1, 0.15) is 11.3 Å². The summed E-state index contributed by atoms with van der Waals surface area (Å²) in [4.78, 5) is 40.4. The molecule has 7 nitrogen and oxygen atoms in total. The van der Waals surface area contributed by atoms with Crippen molar-refractivity contribution >= 4 is 23.4 Å². The molecule has 1 N–H and O–H groups in total. The van der Waals surface area contributed by atoms with E-state index in [1.165, 1.54) is 7.11 Å². The molecule has 1 aliphatic carbocycles. The molecule has 0 fully saturated rings. The minimum absolute atomic E-state index is 0.0559. The second-order valence-corrected chi connectivity index (χ2v) is 7.53. The second kappa shape index (κ2) is 7.54. The molecule has 1 aliphatic heterocycles. The topological polar surface area (TPSA) is 90.9 Å². The summed E-state index contributed by atoms with van der Waals surface area (Å²) in [7, 11) is 1.52. The maximum atomic E-state index is 13.8. The lowest BCUT2D eigenvalue weighted by atomic mass is 9.58. The number of carbonyl (C=O) groups is 3. The van der Waals surface area contributed by atoms with E-state index in [9.17, 15) is 14.4 Å². The monoisotopic (exact) mass is 401 g/mol. The van der Waals surface area contributed by atoms with Crippen LogP contribution in [0.25, 0.3) is 0 Å². The van der Waals surface area contributed by atoms with Crippen LogP contribution in [0.4, 0.5) is 5.69 Å². The van der Waals surface area contributed by atoms with Gasteiger partial charge in [-0.3, -0.25) is 14.4 Å². The highest BCUT2D eigenvalue weighted by Gasteiger charge is 2.70. The molecule has 1 heterocycles. The Morgan fingerprint density at radius 1 is 1.03 bits per heavy atom. The van der Waals surface area contributed by atoms with Crippen LogP contribution >= 0.6 is 0 Å². The standard InChI is InChI=1S/C22H27NO6/c1-6-28-19(25)21(20(26)29-7-2)11-13(3)14(4)12-22(21)18(24)16-10-15(27-5)8-9-17(16)23-22/h8-10,23H,6-7,11-12H2,1-5H3. The van der Waals surface area contributed by atoms with Crippen molar-refractivity contribution in [2.45, 2.75) is 46.1 Å². The molecule has 7 heteroatoms. The smallest absolute Gasteiger partial charge is 0.326 e. The van der Waals surface area contributed by atoms with E-state index in [1.807, 2.05) is 13.8 Å². The molecule has 156 valence electrons. The fourth-order valence-electron chi connectivity index (χ4n) is 4.37. The zero-order valence-electron chi connectivity index (χ0n) is 17.5. The summed E-state index contributed by atoms with van der Waals surface area (Å²) in [6.07, 6.45) is 0.257. The Kier molecular flexibility index (Phi) is 5.43. The second-order valence-electron chi connectivity index (χ2n) is 7.53. The van der Waals surface area contributed by atoms with Crippen LogP contribution in [0, 0.1) is 5.41 Å². The van der Waals surface area contributed by atoms with Crippen molar-refractivity contribution in [3.05, 3.63) is 34.9 Å². The van der Waals surface area contributed by atoms with Gasteiger partial charge in [-0.1, -0.05) is 11.1 Å². The number of ketones is 1. The molecule has 0 amide bonds. The lowest BCUT2D eigenvalue weighted by molar-refractivity contribution is -0.176. The van der Waals surface area contributed by atoms with Crippen molar-refractivity contribution in [2.75, 3.05) is 25.6 Å². The Balaban J connectivity index is 2.26. The van der Waals surface area contributed by atoms with Crippen molar-refractivity contribution in [1.82, 2.24) is 0 Å². The summed E-state index contributed by atoms with van der Waals surface area (Å²) in [5, 5.41) is 3.23. The first-order valence-corrected chi connectivity index (χ1v) is 9.78. The number of hydrogen-bond acceptors (Lipinski definition) is 7. The van der Waals surface area contributed by atoms with E-state index >= 15 is 0 Å². The van der Waals surface area contributed by atoms with Gasteiger partial charge in [0, 0.05) is 17.7 Å². The molecule has 1 aromatic carbocycles. The summed E-state index contributed by atoms with van der Waals surface area (Å²) in [6, 6.07) is 5.08. The van der Waals surface area contributed by atoms with E-state index in [0.29, 0.717) is 17.0 Å². The quantitative estimate of drug-likeness (QED) is 0.460. The van der Waals surface area contributed by atoms with E-state index in [1.54, 1.807) is 32.0 Å². The van der Waals surface area contributed by atoms with Gasteiger partial charge >= 0.3 is 11.9 Å². The molecule has 3 rings (SSSR count). The Labute approximate surface area is 170 Å². The van der Waals surface area contributed by atoms with Gasteiger partial charge in [0.2, 0.25) is 0 Å². The molecule has 0 radical (unpaired) electrons. The highest BCUT2D eigenvalue weighted by Crippen LogP contribution is 2.55. The number of ether oxygens (including phenoxy) is 3. The number of carbonyl (C=O) groups excluding carboxylic acids is 3. The molecule has 1 aromatic rings. The third-order valence-corrected chi connectivity index (χ3v) is 5.97. The van der Waals surface area contributed by atoms with Crippen molar-refractivity contribution in [2.24, 2.45) is 5.41 Å². The predicted octanol–water partition coefficient (Wildman–Crippen LogP) is 3.29. The Hall–Kier alpha value is -2.83. The van der Waals surface area contributed by atoms with E-state index in [0.717, 1.165) is 11.1 Å². The zero-order chi connectivity index (χ0) is 21.4. The summed E-state index contributed by atoms with van der Waals surface area (Å²) in [6.45, 7) is 7.30. The number of rotatable bonds is 5. The van der Waals surface area contributed by atoms with Crippen LogP contribution in [-0.2, 0) is 19.1 Å². The molecule has 29 heavy (non-hydrogen) atoms. The van der Waals surface area contributed by atoms with Gasteiger partial charge in [-0.25, -0.2) is 0 Å². The van der Waals surface area contributed by atoms with Crippen molar-refractivity contribution in [3.63, 3.8) is 0 Å². The molecule has 1 unspecified atom stereocenters. The van der Waals surface area contributed by atoms with Gasteiger partial charge in [0.05, 0.1) is 20.3 Å². The molecule has 0 aromatic heterocycles. The number of allylic oxidation sites excluding steroid dienone is 1. The van der Waals surface area contributed by atoms with Gasteiger partial charge < -0.3 is 19.5 Å². The maximum absolute atomic E-state index is 13.8. The fraction of sp³-hybridized carbons (Fsp3) is 0.500. The minimum Gasteiger partial charge on any atom is -0.497 e. The maximum Gasteiger partial charge on any atom is 0.326 e. The Morgan fingerprint density at radius 2 is 1.62 bits per heavy atom. The normalized spacial score (nSPS) is 22.2. The van der Waals surface area contributed by atoms with Crippen LogP contribution < -0.4 is 10.1 Å². The van der Waals surface area contributed by atoms with Crippen molar-refractivity contribution < 1.29 is 28.6 Å². The van der Waals surface area contributed by atoms with Crippen molar-refractivity contribution in [3.8, 4) is 5.75 Å². The molecule has 0 bridgehead atoms. The van der Waals surface area contributed by atoms with Crippen LogP contribution in [0.2, 0.25) is 0 Å². The summed E-state index contributed by atoms with van der Waals surface area (Å²) in [5.74, 6) is -1.30. The first-order valence-electron chi connectivity index (χ1n) is 9.78. The molecule has 0 saturated carbocycles. The first-order chi connectivity index (χ1) is 13.8. The third-order valence-electron chi connectivity index (χ3n) is 5.97. The van der Waals surface area contributed by atoms with E-state index in [-0.39, 0.29) is 31.8 Å². The summed E-state index contributed by atoms with van der Waals surface area (Å²) >= 11 is 0. The van der Waals surface area contributed by atoms with Crippen LogP contribution in [0.3, 0.4) is 0 Å². The minimum atomic E-state index is -1.81. The number of Topliss-reactive ketones (excluding diaryl/α,β-unsaturated/α-hetero) is 1. The van der Waals surface area contributed by atoms with Gasteiger partial charge in [-0.15, -0.1) is 0 Å². The molecule has 1 atom stereocenters. The Morgan fingerprint density at radius 3 is 2.17 bits per heavy atom. The van der Waals surface area contributed by atoms with Crippen LogP contribution in [0.15, 0.2) is 29.3 Å². The molecular formula is C22H27NO6. The summed E-state index contributed by atoms with van der Waals surface area (Å²) in [5.41, 5.74) is -0.555. The van der Waals surface area contributed by atoms with Crippen molar-refractivity contribution in [1.29, 1.82) is 0 Å². The molecule has 0 saturated heterocycles. The van der Waals surface area contributed by atoms with E-state index < -0.39 is 22.9 Å². The molecule has 1 spiro atoms.